The van der Waals surface area contributed by atoms with Gasteiger partial charge in [0.2, 0.25) is 5.91 Å². The molecule has 0 bridgehead atoms. The van der Waals surface area contributed by atoms with Crippen LogP contribution in [0.15, 0.2) is 0 Å². The van der Waals surface area contributed by atoms with Gasteiger partial charge in [0.15, 0.2) is 0 Å². The van der Waals surface area contributed by atoms with E-state index in [1.807, 2.05) is 6.92 Å². The molecule has 1 N–H and O–H groups in total. The first-order chi connectivity index (χ1) is 17.1. The van der Waals surface area contributed by atoms with Crippen molar-refractivity contribution >= 4 is 11.7 Å². The first kappa shape index (κ1) is 30.2. The number of nitrogens with one attached hydrogen (secondary N) is 1. The minimum atomic E-state index is 0.126. The zero-order chi connectivity index (χ0) is 25.1. The third kappa shape index (κ3) is 14.3. The Morgan fingerprint density at radius 3 is 1.86 bits per heavy atom. The van der Waals surface area contributed by atoms with Crippen molar-refractivity contribution in [2.45, 2.75) is 84.5 Å². The quantitative estimate of drug-likeness (QED) is 0.274. The van der Waals surface area contributed by atoms with Crippen LogP contribution in [0, 0.1) is 11.8 Å². The van der Waals surface area contributed by atoms with Gasteiger partial charge in [-0.2, -0.15) is 0 Å². The summed E-state index contributed by atoms with van der Waals surface area (Å²) in [7, 11) is 0. The molecular formula is C28H53N3O4. The average Bonchev–Trinajstić information content (AvgIpc) is 2.89. The molecule has 2 fully saturated rings. The number of amides is 1. The van der Waals surface area contributed by atoms with E-state index >= 15 is 0 Å². The fourth-order valence-corrected chi connectivity index (χ4v) is 5.23. The summed E-state index contributed by atoms with van der Waals surface area (Å²) in [5.41, 5.74) is 0. The van der Waals surface area contributed by atoms with Crippen molar-refractivity contribution in [1.82, 2.24) is 15.1 Å². The number of nitrogens with zero attached hydrogens (tertiary/aromatic N) is 2. The van der Waals surface area contributed by atoms with E-state index in [0.29, 0.717) is 45.0 Å². The highest BCUT2D eigenvalue weighted by molar-refractivity contribution is 5.78. The Balaban J connectivity index is 1.41. The molecule has 2 aliphatic heterocycles. The molecule has 0 saturated carbocycles. The molecule has 0 atom stereocenters. The maximum Gasteiger partial charge on any atom is 0.221 e. The largest absolute Gasteiger partial charge is 0.379 e. The van der Waals surface area contributed by atoms with Crippen LogP contribution >= 0.6 is 0 Å². The second-order valence-electron chi connectivity index (χ2n) is 10.5. The molecule has 2 saturated heterocycles. The van der Waals surface area contributed by atoms with Crippen molar-refractivity contribution in [2.75, 3.05) is 72.2 Å². The summed E-state index contributed by atoms with van der Waals surface area (Å²) in [4.78, 5) is 28.6. The van der Waals surface area contributed by atoms with Crippen molar-refractivity contribution in [1.29, 1.82) is 0 Å². The van der Waals surface area contributed by atoms with Gasteiger partial charge in [0.1, 0.15) is 5.78 Å². The van der Waals surface area contributed by atoms with E-state index in [4.69, 9.17) is 9.47 Å². The molecule has 0 spiro atoms. The predicted octanol–water partition coefficient (Wildman–Crippen LogP) is 3.90. The molecular weight excluding hydrogens is 442 g/mol. The van der Waals surface area contributed by atoms with Gasteiger partial charge in [0.25, 0.3) is 0 Å². The Morgan fingerprint density at radius 2 is 1.31 bits per heavy atom. The lowest BCUT2D eigenvalue weighted by Gasteiger charge is -2.33. The number of Topliss-reactive ketones (excluding diaryl/α,β-unsaturated/α-hetero) is 1. The molecule has 0 aromatic rings. The number of piperidine rings is 2. The van der Waals surface area contributed by atoms with Crippen molar-refractivity contribution in [2.24, 2.45) is 11.8 Å². The van der Waals surface area contributed by atoms with Gasteiger partial charge < -0.3 is 24.6 Å². The zero-order valence-electron chi connectivity index (χ0n) is 22.7. The second-order valence-corrected chi connectivity index (χ2v) is 10.5. The third-order valence-corrected chi connectivity index (χ3v) is 7.68. The van der Waals surface area contributed by atoms with Gasteiger partial charge >= 0.3 is 0 Å². The molecule has 0 aromatic heterocycles. The summed E-state index contributed by atoms with van der Waals surface area (Å²) in [5.74, 6) is 2.26. The van der Waals surface area contributed by atoms with Crippen LogP contribution in [0.5, 0.6) is 0 Å². The highest BCUT2D eigenvalue weighted by Gasteiger charge is 2.22. The number of carbonyl (C=O) groups excluding carboxylic acids is 2. The van der Waals surface area contributed by atoms with Crippen LogP contribution in [-0.4, -0.2) is 93.7 Å². The van der Waals surface area contributed by atoms with Crippen molar-refractivity contribution in [3.05, 3.63) is 0 Å². The van der Waals surface area contributed by atoms with Gasteiger partial charge in [0.05, 0.1) is 19.8 Å². The first-order valence-electron chi connectivity index (χ1n) is 14.5. The van der Waals surface area contributed by atoms with Crippen LogP contribution in [0.4, 0.5) is 0 Å². The number of rotatable bonds is 19. The maximum absolute atomic E-state index is 12.1. The van der Waals surface area contributed by atoms with Crippen molar-refractivity contribution < 1.29 is 19.1 Å². The van der Waals surface area contributed by atoms with E-state index in [1.165, 1.54) is 58.0 Å². The normalized spacial score (nSPS) is 18.7. The number of hydrogen-bond donors (Lipinski definition) is 1. The maximum atomic E-state index is 12.1. The number of carbonyl (C=O) groups is 2. The molecule has 2 aliphatic rings. The van der Waals surface area contributed by atoms with Gasteiger partial charge in [-0.3, -0.25) is 9.59 Å². The van der Waals surface area contributed by atoms with Crippen molar-refractivity contribution in [3.8, 4) is 0 Å². The van der Waals surface area contributed by atoms with Gasteiger partial charge in [-0.05, 0) is 70.1 Å². The molecule has 7 heteroatoms. The van der Waals surface area contributed by atoms with Crippen LogP contribution < -0.4 is 5.32 Å². The van der Waals surface area contributed by atoms with E-state index in [0.717, 1.165) is 57.5 Å². The Bertz CT molecular complexity index is 558. The minimum Gasteiger partial charge on any atom is -0.379 e. The highest BCUT2D eigenvalue weighted by Crippen LogP contribution is 2.27. The molecule has 0 unspecified atom stereocenters. The summed E-state index contributed by atoms with van der Waals surface area (Å²) in [6.45, 7) is 13.6. The van der Waals surface area contributed by atoms with Crippen LogP contribution in [0.2, 0.25) is 0 Å². The fraction of sp³-hybridized carbons (Fsp3) is 0.929. The Morgan fingerprint density at radius 1 is 0.771 bits per heavy atom. The monoisotopic (exact) mass is 495 g/mol. The summed E-state index contributed by atoms with van der Waals surface area (Å²) in [6.07, 6.45) is 12.3. The first-order valence-corrected chi connectivity index (χ1v) is 14.5. The summed E-state index contributed by atoms with van der Waals surface area (Å²) in [6, 6.07) is 0. The predicted molar refractivity (Wildman–Crippen MR) is 142 cm³/mol. The van der Waals surface area contributed by atoms with Crippen LogP contribution in [0.3, 0.4) is 0 Å². The SMILES string of the molecule is CCCOCCOCCNC(=O)CCN1CCC(CCCC2CCN(CCC(=O)CC)CC2)CC1. The minimum absolute atomic E-state index is 0.126. The highest BCUT2D eigenvalue weighted by atomic mass is 16.5. The number of hydrogen-bond acceptors (Lipinski definition) is 6. The average molecular weight is 496 g/mol. The molecule has 0 aromatic carbocycles. The fourth-order valence-electron chi connectivity index (χ4n) is 5.23. The van der Waals surface area contributed by atoms with E-state index in [-0.39, 0.29) is 5.91 Å². The smallest absolute Gasteiger partial charge is 0.221 e. The van der Waals surface area contributed by atoms with Crippen LogP contribution in [0.25, 0.3) is 0 Å². The lowest BCUT2D eigenvalue weighted by Crippen LogP contribution is -2.37. The van der Waals surface area contributed by atoms with Gasteiger partial charge in [0, 0.05) is 45.5 Å². The molecule has 35 heavy (non-hydrogen) atoms. The molecule has 7 nitrogen and oxygen atoms in total. The molecule has 0 aliphatic carbocycles. The zero-order valence-corrected chi connectivity index (χ0v) is 22.7. The Hall–Kier alpha value is -1.02. The Kier molecular flexibility index (Phi) is 16.5. The molecule has 2 heterocycles. The second kappa shape index (κ2) is 19.1. The molecule has 2 rings (SSSR count). The van der Waals surface area contributed by atoms with E-state index < -0.39 is 0 Å². The molecule has 1 amide bonds. The van der Waals surface area contributed by atoms with E-state index in [2.05, 4.69) is 22.0 Å². The van der Waals surface area contributed by atoms with Crippen LogP contribution in [0.1, 0.15) is 84.5 Å². The summed E-state index contributed by atoms with van der Waals surface area (Å²) >= 11 is 0. The lowest BCUT2D eigenvalue weighted by molar-refractivity contribution is -0.122. The molecule has 0 radical (unpaired) electrons. The molecule has 204 valence electrons. The number of ether oxygens (including phenoxy) is 2. The number of likely N-dealkylation sites (tertiary alicyclic amines) is 2. The van der Waals surface area contributed by atoms with E-state index in [1.54, 1.807) is 0 Å². The number of ketones is 1. The van der Waals surface area contributed by atoms with Crippen molar-refractivity contribution in [3.63, 3.8) is 0 Å². The third-order valence-electron chi connectivity index (χ3n) is 7.68. The van der Waals surface area contributed by atoms with Gasteiger partial charge in [-0.25, -0.2) is 0 Å². The van der Waals surface area contributed by atoms with Gasteiger partial charge in [-0.1, -0.05) is 33.1 Å². The summed E-state index contributed by atoms with van der Waals surface area (Å²) < 4.78 is 10.8. The standard InChI is InChI=1S/C28H53N3O4/c1-3-21-34-23-24-35-22-14-29-28(33)13-20-31-17-10-26(11-18-31)7-5-6-25-8-15-30(16-9-25)19-12-27(32)4-2/h25-26H,3-24H2,1-2H3,(H,29,33). The Labute approximate surface area is 214 Å². The topological polar surface area (TPSA) is 71.1 Å². The van der Waals surface area contributed by atoms with Crippen LogP contribution in [-0.2, 0) is 19.1 Å². The van der Waals surface area contributed by atoms with E-state index in [9.17, 15) is 9.59 Å². The summed E-state index contributed by atoms with van der Waals surface area (Å²) in [5, 5.41) is 2.96. The lowest BCUT2D eigenvalue weighted by atomic mass is 9.87. The van der Waals surface area contributed by atoms with Gasteiger partial charge in [-0.15, -0.1) is 0 Å².